The van der Waals surface area contributed by atoms with Gasteiger partial charge in [0.25, 0.3) is 0 Å². The summed E-state index contributed by atoms with van der Waals surface area (Å²) in [6.45, 7) is 1.89. The van der Waals surface area contributed by atoms with Crippen LogP contribution in [0.5, 0.6) is 0 Å². The van der Waals surface area contributed by atoms with Crippen LogP contribution in [0.3, 0.4) is 0 Å². The summed E-state index contributed by atoms with van der Waals surface area (Å²) in [5.74, 6) is 0. The summed E-state index contributed by atoms with van der Waals surface area (Å²) >= 11 is 0. The van der Waals surface area contributed by atoms with E-state index in [0.29, 0.717) is 11.4 Å². The molecule has 0 saturated heterocycles. The zero-order valence-corrected chi connectivity index (χ0v) is 12.1. The third-order valence-electron chi connectivity index (χ3n) is 2.83. The lowest BCUT2D eigenvalue weighted by molar-refractivity contribution is 0.262. The van der Waals surface area contributed by atoms with E-state index in [2.05, 4.69) is 10.6 Å². The van der Waals surface area contributed by atoms with Crippen molar-refractivity contribution in [3.63, 3.8) is 0 Å². The molecule has 0 aromatic heterocycles. The van der Waals surface area contributed by atoms with Gasteiger partial charge >= 0.3 is 6.03 Å². The Morgan fingerprint density at radius 1 is 1.00 bits per heavy atom. The summed E-state index contributed by atoms with van der Waals surface area (Å²) in [6.07, 6.45) is 0. The molecule has 0 bridgehead atoms. The summed E-state index contributed by atoms with van der Waals surface area (Å²) in [4.78, 5) is 11.8. The van der Waals surface area contributed by atoms with Crippen LogP contribution in [-0.2, 0) is 10.0 Å². The minimum absolute atomic E-state index is 0.00707. The highest BCUT2D eigenvalue weighted by Gasteiger charge is 2.08. The first-order chi connectivity index (χ1) is 9.86. The Kier molecular flexibility index (Phi) is 4.25. The fraction of sp³-hybridized carbons (Fsp3) is 0.0714. The molecule has 0 radical (unpaired) electrons. The number of rotatable bonds is 3. The molecule has 2 aromatic rings. The number of nitrogens with two attached hydrogens (primary N) is 1. The molecule has 4 N–H and O–H groups in total. The van der Waals surface area contributed by atoms with Gasteiger partial charge in [0.05, 0.1) is 4.90 Å². The van der Waals surface area contributed by atoms with Gasteiger partial charge in [0.15, 0.2) is 0 Å². The molecule has 0 aliphatic carbocycles. The quantitative estimate of drug-likeness (QED) is 0.810. The molecule has 21 heavy (non-hydrogen) atoms. The van der Waals surface area contributed by atoms with Crippen molar-refractivity contribution in [2.24, 2.45) is 5.14 Å². The van der Waals surface area contributed by atoms with E-state index in [9.17, 15) is 13.2 Å². The molecule has 0 spiro atoms. The molecule has 0 aliphatic heterocycles. The number of aryl methyl sites for hydroxylation is 1. The number of carbonyl (C=O) groups is 1. The lowest BCUT2D eigenvalue weighted by atomic mass is 10.2. The highest BCUT2D eigenvalue weighted by Crippen LogP contribution is 2.15. The van der Waals surface area contributed by atoms with Gasteiger partial charge in [0, 0.05) is 11.4 Å². The van der Waals surface area contributed by atoms with Crippen molar-refractivity contribution in [1.82, 2.24) is 0 Å². The molecule has 7 heteroatoms. The Morgan fingerprint density at radius 3 is 2.19 bits per heavy atom. The number of sulfonamides is 1. The number of urea groups is 1. The summed E-state index contributed by atoms with van der Waals surface area (Å²) in [5, 5.41) is 10.3. The molecule has 0 atom stereocenters. The van der Waals surface area contributed by atoms with Crippen molar-refractivity contribution in [2.45, 2.75) is 11.8 Å². The maximum Gasteiger partial charge on any atom is 0.323 e. The van der Waals surface area contributed by atoms with Crippen molar-refractivity contribution in [3.8, 4) is 0 Å². The predicted molar refractivity (Wildman–Crippen MR) is 81.6 cm³/mol. The Labute approximate surface area is 123 Å². The molecule has 6 nitrogen and oxygen atoms in total. The maximum atomic E-state index is 11.9. The highest BCUT2D eigenvalue weighted by atomic mass is 32.2. The number of amides is 2. The van der Waals surface area contributed by atoms with Gasteiger partial charge in [-0.25, -0.2) is 18.4 Å². The molecule has 110 valence electrons. The summed E-state index contributed by atoms with van der Waals surface area (Å²) in [5.41, 5.74) is 2.11. The monoisotopic (exact) mass is 305 g/mol. The molecular formula is C14H15N3O3S. The standard InChI is InChI=1S/C14H15N3O3S/c1-10-4-2-3-5-13(10)17-14(18)16-11-6-8-12(9-7-11)21(15,19)20/h2-9H,1H3,(H2,15,19,20)(H2,16,17,18). The summed E-state index contributed by atoms with van der Waals surface area (Å²) < 4.78 is 22.2. The average molecular weight is 305 g/mol. The van der Waals surface area contributed by atoms with Crippen LogP contribution in [0.4, 0.5) is 16.2 Å². The van der Waals surface area contributed by atoms with Crippen LogP contribution < -0.4 is 15.8 Å². The molecule has 0 heterocycles. The number of hydrogen-bond acceptors (Lipinski definition) is 3. The van der Waals surface area contributed by atoms with E-state index >= 15 is 0 Å². The smallest absolute Gasteiger partial charge is 0.308 e. The first-order valence-electron chi connectivity index (χ1n) is 6.13. The van der Waals surface area contributed by atoms with Crippen LogP contribution in [0.25, 0.3) is 0 Å². The molecule has 0 saturated carbocycles. The fourth-order valence-corrected chi connectivity index (χ4v) is 2.24. The average Bonchev–Trinajstić information content (AvgIpc) is 2.41. The fourth-order valence-electron chi connectivity index (χ4n) is 1.73. The number of hydrogen-bond donors (Lipinski definition) is 3. The molecule has 0 unspecified atom stereocenters. The molecule has 0 fully saturated rings. The van der Waals surface area contributed by atoms with Crippen molar-refractivity contribution in [1.29, 1.82) is 0 Å². The second-order valence-corrected chi connectivity index (χ2v) is 6.02. The highest BCUT2D eigenvalue weighted by molar-refractivity contribution is 7.89. The zero-order valence-electron chi connectivity index (χ0n) is 11.3. The van der Waals surface area contributed by atoms with E-state index in [-0.39, 0.29) is 4.90 Å². The van der Waals surface area contributed by atoms with E-state index in [4.69, 9.17) is 5.14 Å². The van der Waals surface area contributed by atoms with Crippen LogP contribution in [0, 0.1) is 6.92 Å². The van der Waals surface area contributed by atoms with Gasteiger partial charge in [0.1, 0.15) is 0 Å². The van der Waals surface area contributed by atoms with E-state index < -0.39 is 16.1 Å². The van der Waals surface area contributed by atoms with Crippen LogP contribution in [0.1, 0.15) is 5.56 Å². The second-order valence-electron chi connectivity index (χ2n) is 4.46. The predicted octanol–water partition coefficient (Wildman–Crippen LogP) is 2.29. The normalized spacial score (nSPS) is 11.0. The first-order valence-corrected chi connectivity index (χ1v) is 7.67. The largest absolute Gasteiger partial charge is 0.323 e. The Morgan fingerprint density at radius 2 is 1.62 bits per heavy atom. The van der Waals surface area contributed by atoms with Crippen LogP contribution in [-0.4, -0.2) is 14.4 Å². The van der Waals surface area contributed by atoms with Crippen molar-refractivity contribution in [2.75, 3.05) is 10.6 Å². The van der Waals surface area contributed by atoms with Crippen LogP contribution in [0.2, 0.25) is 0 Å². The first kappa shape index (κ1) is 15.0. The van der Waals surface area contributed by atoms with Gasteiger partial charge < -0.3 is 10.6 Å². The molecule has 2 rings (SSSR count). The Balaban J connectivity index is 2.05. The molecular weight excluding hydrogens is 290 g/mol. The molecule has 2 aromatic carbocycles. The Bertz CT molecular complexity index is 755. The van der Waals surface area contributed by atoms with Gasteiger partial charge in [-0.3, -0.25) is 0 Å². The lowest BCUT2D eigenvalue weighted by Crippen LogP contribution is -2.20. The number of benzene rings is 2. The van der Waals surface area contributed by atoms with Gasteiger partial charge in [-0.1, -0.05) is 18.2 Å². The van der Waals surface area contributed by atoms with Crippen molar-refractivity contribution >= 4 is 27.4 Å². The van der Waals surface area contributed by atoms with Crippen molar-refractivity contribution in [3.05, 3.63) is 54.1 Å². The third kappa shape index (κ3) is 4.04. The number of anilines is 2. The minimum Gasteiger partial charge on any atom is -0.308 e. The van der Waals surface area contributed by atoms with E-state index in [1.165, 1.54) is 24.3 Å². The molecule has 0 aliphatic rings. The Hall–Kier alpha value is -2.38. The van der Waals surface area contributed by atoms with E-state index in [0.717, 1.165) is 5.56 Å². The number of carbonyl (C=O) groups excluding carboxylic acids is 1. The van der Waals surface area contributed by atoms with E-state index in [1.54, 1.807) is 6.07 Å². The molecule has 2 amide bonds. The maximum absolute atomic E-state index is 11.9. The summed E-state index contributed by atoms with van der Waals surface area (Å²) in [6, 6.07) is 12.6. The van der Waals surface area contributed by atoms with E-state index in [1.807, 2.05) is 25.1 Å². The van der Waals surface area contributed by atoms with Gasteiger partial charge in [-0.2, -0.15) is 0 Å². The SMILES string of the molecule is Cc1ccccc1NC(=O)Nc1ccc(S(N)(=O)=O)cc1. The van der Waals surface area contributed by atoms with Gasteiger partial charge in [-0.15, -0.1) is 0 Å². The minimum atomic E-state index is -3.73. The van der Waals surface area contributed by atoms with Crippen LogP contribution >= 0.6 is 0 Å². The third-order valence-corrected chi connectivity index (χ3v) is 3.76. The zero-order chi connectivity index (χ0) is 15.5. The number of primary sulfonamides is 1. The summed E-state index contributed by atoms with van der Waals surface area (Å²) in [7, 11) is -3.73. The van der Waals surface area contributed by atoms with Gasteiger partial charge in [-0.05, 0) is 42.8 Å². The topological polar surface area (TPSA) is 101 Å². The second kappa shape index (κ2) is 5.94. The van der Waals surface area contributed by atoms with Crippen LogP contribution in [0.15, 0.2) is 53.4 Å². The van der Waals surface area contributed by atoms with Gasteiger partial charge in [0.2, 0.25) is 10.0 Å². The number of para-hydroxylation sites is 1. The lowest BCUT2D eigenvalue weighted by Gasteiger charge is -2.10. The van der Waals surface area contributed by atoms with Crippen molar-refractivity contribution < 1.29 is 13.2 Å². The number of nitrogens with one attached hydrogen (secondary N) is 2.